The average molecular weight is 372 g/mol. The number of fused-ring (bicyclic) bond motifs is 1. The monoisotopic (exact) mass is 372 g/mol. The van der Waals surface area contributed by atoms with Gasteiger partial charge in [0.1, 0.15) is 22.1 Å². The number of carbonyl (C=O) groups is 1. The summed E-state index contributed by atoms with van der Waals surface area (Å²) in [5.74, 6) is 1.84. The average Bonchev–Trinajstić information content (AvgIpc) is 3.10. The molecule has 0 aliphatic heterocycles. The highest BCUT2D eigenvalue weighted by Crippen LogP contribution is 2.24. The molecule has 0 saturated heterocycles. The van der Waals surface area contributed by atoms with Crippen LogP contribution in [0.5, 0.6) is 11.5 Å². The topological polar surface area (TPSA) is 85.4 Å². The number of hydrogen-bond donors (Lipinski definition) is 2. The van der Waals surface area contributed by atoms with Gasteiger partial charge >= 0.3 is 0 Å². The smallest absolute Gasteiger partial charge is 0.251 e. The van der Waals surface area contributed by atoms with E-state index < -0.39 is 0 Å². The molecule has 0 saturated carbocycles. The summed E-state index contributed by atoms with van der Waals surface area (Å²) in [6.07, 6.45) is 2.53. The van der Waals surface area contributed by atoms with Gasteiger partial charge in [-0.2, -0.15) is 4.37 Å². The lowest BCUT2D eigenvalue weighted by Crippen LogP contribution is -2.25. The Bertz CT molecular complexity index is 875. The van der Waals surface area contributed by atoms with Gasteiger partial charge in [-0.25, -0.2) is 4.98 Å². The third-order valence-electron chi connectivity index (χ3n) is 3.79. The fourth-order valence-corrected chi connectivity index (χ4v) is 3.16. The maximum atomic E-state index is 12.3. The van der Waals surface area contributed by atoms with Gasteiger partial charge in [0, 0.05) is 30.9 Å². The molecular formula is C18H20N4O3S. The molecule has 0 fully saturated rings. The number of pyridine rings is 1. The third-order valence-corrected chi connectivity index (χ3v) is 4.57. The molecule has 7 nitrogen and oxygen atoms in total. The summed E-state index contributed by atoms with van der Waals surface area (Å²) in [5, 5.41) is 7.20. The first-order chi connectivity index (χ1) is 12.7. The Morgan fingerprint density at radius 2 is 1.92 bits per heavy atom. The summed E-state index contributed by atoms with van der Waals surface area (Å²) in [5.41, 5.74) is 0.505. The number of hydrogen-bond acceptors (Lipinski definition) is 7. The van der Waals surface area contributed by atoms with Gasteiger partial charge in [0.2, 0.25) is 0 Å². The molecular weight excluding hydrogens is 352 g/mol. The summed E-state index contributed by atoms with van der Waals surface area (Å²) >= 11 is 1.37. The first-order valence-corrected chi connectivity index (χ1v) is 8.94. The van der Waals surface area contributed by atoms with Gasteiger partial charge in [-0.3, -0.25) is 4.79 Å². The fourth-order valence-electron chi connectivity index (χ4n) is 2.45. The molecule has 0 atom stereocenters. The minimum Gasteiger partial charge on any atom is -0.497 e. The molecule has 0 bridgehead atoms. The molecule has 26 heavy (non-hydrogen) atoms. The standard InChI is InChI=1S/C18H20N4O3S/c1-24-13-9-12(10-14(11-13)25-2)17(23)20-8-4-7-19-16-15-5-3-6-21-18(15)26-22-16/h3,5-6,9-11H,4,7-8H2,1-2H3,(H,19,22)(H,20,23). The number of amides is 1. The molecule has 0 unspecified atom stereocenters. The lowest BCUT2D eigenvalue weighted by atomic mass is 10.2. The third kappa shape index (κ3) is 4.20. The van der Waals surface area contributed by atoms with Crippen molar-refractivity contribution in [1.82, 2.24) is 14.7 Å². The summed E-state index contributed by atoms with van der Waals surface area (Å²) in [6.45, 7) is 1.25. The van der Waals surface area contributed by atoms with E-state index in [1.165, 1.54) is 11.5 Å². The van der Waals surface area contributed by atoms with Crippen molar-refractivity contribution in [1.29, 1.82) is 0 Å². The zero-order chi connectivity index (χ0) is 18.4. The van der Waals surface area contributed by atoms with Crippen LogP contribution in [-0.2, 0) is 0 Å². The van der Waals surface area contributed by atoms with Crippen LogP contribution in [0.3, 0.4) is 0 Å². The molecule has 2 N–H and O–H groups in total. The normalized spacial score (nSPS) is 10.5. The van der Waals surface area contributed by atoms with Crippen LogP contribution in [-0.4, -0.2) is 42.6 Å². The summed E-state index contributed by atoms with van der Waals surface area (Å²) in [7, 11) is 3.11. The SMILES string of the molecule is COc1cc(OC)cc(C(=O)NCCCNc2nsc3ncccc23)c1. The maximum Gasteiger partial charge on any atom is 0.251 e. The van der Waals surface area contributed by atoms with Crippen molar-refractivity contribution in [3.63, 3.8) is 0 Å². The molecule has 2 heterocycles. The number of ether oxygens (including phenoxy) is 2. The summed E-state index contributed by atoms with van der Waals surface area (Å²) < 4.78 is 14.7. The zero-order valence-corrected chi connectivity index (χ0v) is 15.4. The van der Waals surface area contributed by atoms with Gasteiger partial charge in [0.05, 0.1) is 19.6 Å². The van der Waals surface area contributed by atoms with Crippen molar-refractivity contribution in [3.8, 4) is 11.5 Å². The van der Waals surface area contributed by atoms with Crippen LogP contribution in [0.2, 0.25) is 0 Å². The molecule has 2 aromatic heterocycles. The predicted octanol–water partition coefficient (Wildman–Crippen LogP) is 2.94. The molecule has 1 aromatic carbocycles. The number of methoxy groups -OCH3 is 2. The maximum absolute atomic E-state index is 12.3. The number of benzene rings is 1. The molecule has 0 spiro atoms. The minimum atomic E-state index is -0.162. The summed E-state index contributed by atoms with van der Waals surface area (Å²) in [4.78, 5) is 17.5. The van der Waals surface area contributed by atoms with Crippen LogP contribution in [0.15, 0.2) is 36.5 Å². The quantitative estimate of drug-likeness (QED) is 0.592. The Balaban J connectivity index is 1.48. The van der Waals surface area contributed by atoms with E-state index in [1.807, 2.05) is 12.1 Å². The fraction of sp³-hybridized carbons (Fsp3) is 0.278. The number of nitrogens with one attached hydrogen (secondary N) is 2. The zero-order valence-electron chi connectivity index (χ0n) is 14.6. The van der Waals surface area contributed by atoms with Crippen molar-refractivity contribution in [2.24, 2.45) is 0 Å². The van der Waals surface area contributed by atoms with Gasteiger partial charge in [-0.15, -0.1) is 0 Å². The lowest BCUT2D eigenvalue weighted by Gasteiger charge is -2.09. The highest BCUT2D eigenvalue weighted by molar-refractivity contribution is 7.13. The number of anilines is 1. The van der Waals surface area contributed by atoms with Gasteiger partial charge in [0.25, 0.3) is 5.91 Å². The Morgan fingerprint density at radius 3 is 2.65 bits per heavy atom. The van der Waals surface area contributed by atoms with E-state index >= 15 is 0 Å². The second-order valence-corrected chi connectivity index (χ2v) is 6.28. The van der Waals surface area contributed by atoms with Crippen molar-refractivity contribution < 1.29 is 14.3 Å². The molecule has 0 radical (unpaired) electrons. The highest BCUT2D eigenvalue weighted by Gasteiger charge is 2.10. The Hall–Kier alpha value is -2.87. The molecule has 3 rings (SSSR count). The van der Waals surface area contributed by atoms with E-state index in [4.69, 9.17) is 9.47 Å². The largest absolute Gasteiger partial charge is 0.497 e. The van der Waals surface area contributed by atoms with Crippen molar-refractivity contribution >= 4 is 33.5 Å². The highest BCUT2D eigenvalue weighted by atomic mass is 32.1. The number of carbonyl (C=O) groups excluding carboxylic acids is 1. The van der Waals surface area contributed by atoms with E-state index in [0.29, 0.717) is 30.2 Å². The van der Waals surface area contributed by atoms with Crippen LogP contribution in [0.25, 0.3) is 10.2 Å². The van der Waals surface area contributed by atoms with Crippen molar-refractivity contribution in [2.45, 2.75) is 6.42 Å². The molecule has 136 valence electrons. The Kier molecular flexibility index (Phi) is 5.85. The van der Waals surface area contributed by atoms with Crippen LogP contribution >= 0.6 is 11.5 Å². The first-order valence-electron chi connectivity index (χ1n) is 8.17. The Labute approximate surface area is 155 Å². The summed E-state index contributed by atoms with van der Waals surface area (Å²) in [6, 6.07) is 8.99. The minimum absolute atomic E-state index is 0.162. The number of rotatable bonds is 8. The lowest BCUT2D eigenvalue weighted by molar-refractivity contribution is 0.0953. The Morgan fingerprint density at radius 1 is 1.15 bits per heavy atom. The van der Waals surface area contributed by atoms with Crippen LogP contribution in [0.4, 0.5) is 5.82 Å². The second kappa shape index (κ2) is 8.48. The molecule has 1 amide bonds. The molecule has 0 aliphatic rings. The second-order valence-electron chi connectivity index (χ2n) is 5.52. The van der Waals surface area contributed by atoms with Gasteiger partial charge < -0.3 is 20.1 Å². The molecule has 8 heteroatoms. The number of aromatic nitrogens is 2. The molecule has 0 aliphatic carbocycles. The van der Waals surface area contributed by atoms with E-state index in [0.717, 1.165) is 22.5 Å². The van der Waals surface area contributed by atoms with Crippen molar-refractivity contribution in [3.05, 3.63) is 42.1 Å². The van der Waals surface area contributed by atoms with Gasteiger partial charge in [0.15, 0.2) is 0 Å². The van der Waals surface area contributed by atoms with E-state index in [1.54, 1.807) is 38.6 Å². The van der Waals surface area contributed by atoms with E-state index in [-0.39, 0.29) is 5.91 Å². The molecule has 3 aromatic rings. The van der Waals surface area contributed by atoms with Crippen LogP contribution in [0.1, 0.15) is 16.8 Å². The van der Waals surface area contributed by atoms with Crippen molar-refractivity contribution in [2.75, 3.05) is 32.6 Å². The van der Waals surface area contributed by atoms with E-state index in [9.17, 15) is 4.79 Å². The van der Waals surface area contributed by atoms with Gasteiger partial charge in [-0.05, 0) is 42.2 Å². The predicted molar refractivity (Wildman–Crippen MR) is 102 cm³/mol. The first kappa shape index (κ1) is 17.9. The van der Waals surface area contributed by atoms with Crippen LogP contribution < -0.4 is 20.1 Å². The van der Waals surface area contributed by atoms with Gasteiger partial charge in [-0.1, -0.05) is 0 Å². The van der Waals surface area contributed by atoms with E-state index in [2.05, 4.69) is 20.0 Å². The number of nitrogens with zero attached hydrogens (tertiary/aromatic N) is 2. The van der Waals surface area contributed by atoms with Crippen LogP contribution in [0, 0.1) is 0 Å².